The molecule has 0 radical (unpaired) electrons. The topological polar surface area (TPSA) is 29.1 Å². The molecule has 1 amide bonds. The number of hydrogen-bond acceptors (Lipinski definition) is 1. The van der Waals surface area contributed by atoms with Gasteiger partial charge in [0.15, 0.2) is 0 Å². The summed E-state index contributed by atoms with van der Waals surface area (Å²) in [6.07, 6.45) is 0. The van der Waals surface area contributed by atoms with Gasteiger partial charge in [-0.3, -0.25) is 4.79 Å². The highest BCUT2D eigenvalue weighted by molar-refractivity contribution is 9.08. The molecular weight excluding hydrogens is 334 g/mol. The average molecular weight is 349 g/mol. The van der Waals surface area contributed by atoms with Crippen molar-refractivity contribution in [3.05, 3.63) is 34.4 Å². The summed E-state index contributed by atoms with van der Waals surface area (Å²) in [7, 11) is 0. The standard InChI is InChI=1S/C12H15Br2NO/c1-8-3-12(7-15-9(2)16)11(6-14)4-10(8)5-13/h3-4H,5-7H2,1-2H3,(H,15,16). The molecule has 0 heterocycles. The summed E-state index contributed by atoms with van der Waals surface area (Å²) in [5, 5.41) is 4.50. The number of nitrogens with one attached hydrogen (secondary N) is 1. The number of carbonyl (C=O) groups is 1. The van der Waals surface area contributed by atoms with Gasteiger partial charge in [0.2, 0.25) is 5.91 Å². The van der Waals surface area contributed by atoms with E-state index in [0.717, 1.165) is 10.7 Å². The van der Waals surface area contributed by atoms with E-state index in [-0.39, 0.29) is 5.91 Å². The van der Waals surface area contributed by atoms with Gasteiger partial charge in [0.05, 0.1) is 0 Å². The third-order valence-electron chi connectivity index (χ3n) is 2.47. The van der Waals surface area contributed by atoms with Crippen LogP contribution in [-0.2, 0) is 22.0 Å². The molecule has 0 saturated heterocycles. The van der Waals surface area contributed by atoms with E-state index >= 15 is 0 Å². The average Bonchev–Trinajstić information content (AvgIpc) is 2.26. The van der Waals surface area contributed by atoms with Gasteiger partial charge in [-0.15, -0.1) is 0 Å². The highest BCUT2D eigenvalue weighted by Crippen LogP contribution is 2.21. The first kappa shape index (κ1) is 13.7. The van der Waals surface area contributed by atoms with Crippen LogP contribution in [0.4, 0.5) is 0 Å². The Morgan fingerprint density at radius 1 is 1.19 bits per heavy atom. The molecule has 0 aliphatic carbocycles. The third-order valence-corrected chi connectivity index (χ3v) is 3.68. The molecule has 0 saturated carbocycles. The first-order valence-electron chi connectivity index (χ1n) is 5.06. The number of amides is 1. The van der Waals surface area contributed by atoms with Crippen LogP contribution in [0.1, 0.15) is 29.2 Å². The van der Waals surface area contributed by atoms with Crippen molar-refractivity contribution < 1.29 is 4.79 Å². The van der Waals surface area contributed by atoms with Crippen molar-refractivity contribution in [3.63, 3.8) is 0 Å². The molecule has 2 nitrogen and oxygen atoms in total. The molecule has 0 atom stereocenters. The van der Waals surface area contributed by atoms with Crippen LogP contribution in [0.15, 0.2) is 12.1 Å². The molecule has 0 aliphatic heterocycles. The van der Waals surface area contributed by atoms with E-state index in [1.54, 1.807) is 0 Å². The van der Waals surface area contributed by atoms with Crippen molar-refractivity contribution in [1.82, 2.24) is 5.32 Å². The van der Waals surface area contributed by atoms with Gasteiger partial charge in [0.1, 0.15) is 0 Å². The molecule has 0 bridgehead atoms. The number of benzene rings is 1. The molecule has 0 spiro atoms. The zero-order chi connectivity index (χ0) is 12.1. The molecule has 0 aliphatic rings. The van der Waals surface area contributed by atoms with E-state index in [0.29, 0.717) is 6.54 Å². The Morgan fingerprint density at radius 2 is 1.81 bits per heavy atom. The second kappa shape index (κ2) is 6.40. The van der Waals surface area contributed by atoms with Gasteiger partial charge < -0.3 is 5.32 Å². The molecular formula is C12H15Br2NO. The third kappa shape index (κ3) is 3.59. The Balaban J connectivity index is 2.98. The van der Waals surface area contributed by atoms with Crippen LogP contribution in [0.2, 0.25) is 0 Å². The van der Waals surface area contributed by atoms with Crippen molar-refractivity contribution in [2.24, 2.45) is 0 Å². The Labute approximate surface area is 113 Å². The molecule has 16 heavy (non-hydrogen) atoms. The zero-order valence-corrected chi connectivity index (χ0v) is 12.6. The fourth-order valence-corrected chi connectivity index (χ4v) is 2.64. The van der Waals surface area contributed by atoms with Crippen molar-refractivity contribution in [2.45, 2.75) is 31.1 Å². The molecule has 0 unspecified atom stereocenters. The normalized spacial score (nSPS) is 10.2. The summed E-state index contributed by atoms with van der Waals surface area (Å²) in [5.74, 6) is 0.00254. The largest absolute Gasteiger partial charge is 0.352 e. The van der Waals surface area contributed by atoms with Crippen LogP contribution in [0, 0.1) is 6.92 Å². The number of alkyl halides is 2. The second-order valence-corrected chi connectivity index (χ2v) is 4.85. The Morgan fingerprint density at radius 3 is 2.31 bits per heavy atom. The number of halogens is 2. The number of carbonyl (C=O) groups excluding carboxylic acids is 1. The summed E-state index contributed by atoms with van der Waals surface area (Å²) >= 11 is 6.95. The summed E-state index contributed by atoms with van der Waals surface area (Å²) in [4.78, 5) is 10.9. The van der Waals surface area contributed by atoms with E-state index in [9.17, 15) is 4.79 Å². The quantitative estimate of drug-likeness (QED) is 0.830. The summed E-state index contributed by atoms with van der Waals surface area (Å²) in [5.41, 5.74) is 4.95. The van der Waals surface area contributed by atoms with E-state index < -0.39 is 0 Å². The zero-order valence-electron chi connectivity index (χ0n) is 9.44. The maximum Gasteiger partial charge on any atom is 0.217 e. The molecule has 1 rings (SSSR count). The number of aryl methyl sites for hydroxylation is 1. The molecule has 1 N–H and O–H groups in total. The van der Waals surface area contributed by atoms with Crippen LogP contribution in [0.25, 0.3) is 0 Å². The predicted octanol–water partition coefficient (Wildman–Crippen LogP) is 3.42. The van der Waals surface area contributed by atoms with Crippen LogP contribution in [0.3, 0.4) is 0 Å². The monoisotopic (exact) mass is 347 g/mol. The maximum atomic E-state index is 10.9. The van der Waals surface area contributed by atoms with Gasteiger partial charge in [0, 0.05) is 24.1 Å². The molecule has 0 aromatic heterocycles. The van der Waals surface area contributed by atoms with E-state index in [1.165, 1.54) is 29.2 Å². The molecule has 88 valence electrons. The van der Waals surface area contributed by atoms with Gasteiger partial charge in [-0.1, -0.05) is 44.0 Å². The highest BCUT2D eigenvalue weighted by Gasteiger charge is 2.06. The van der Waals surface area contributed by atoms with Crippen LogP contribution in [0.5, 0.6) is 0 Å². The highest BCUT2D eigenvalue weighted by atomic mass is 79.9. The van der Waals surface area contributed by atoms with Crippen LogP contribution < -0.4 is 5.32 Å². The molecule has 1 aromatic carbocycles. The maximum absolute atomic E-state index is 10.9. The summed E-state index contributed by atoms with van der Waals surface area (Å²) < 4.78 is 0. The van der Waals surface area contributed by atoms with Crippen LogP contribution in [-0.4, -0.2) is 5.91 Å². The van der Waals surface area contributed by atoms with Gasteiger partial charge in [-0.25, -0.2) is 0 Å². The Kier molecular flexibility index (Phi) is 5.49. The number of hydrogen-bond donors (Lipinski definition) is 1. The lowest BCUT2D eigenvalue weighted by Crippen LogP contribution is -2.19. The second-order valence-electron chi connectivity index (χ2n) is 3.72. The predicted molar refractivity (Wildman–Crippen MR) is 74.0 cm³/mol. The van der Waals surface area contributed by atoms with Gasteiger partial charge in [-0.2, -0.15) is 0 Å². The molecule has 4 heteroatoms. The summed E-state index contributed by atoms with van der Waals surface area (Å²) in [6, 6.07) is 4.32. The first-order valence-corrected chi connectivity index (χ1v) is 7.30. The van der Waals surface area contributed by atoms with Crippen molar-refractivity contribution in [3.8, 4) is 0 Å². The van der Waals surface area contributed by atoms with Crippen molar-refractivity contribution >= 4 is 37.8 Å². The van der Waals surface area contributed by atoms with Gasteiger partial charge in [-0.05, 0) is 29.2 Å². The van der Waals surface area contributed by atoms with E-state index in [4.69, 9.17) is 0 Å². The van der Waals surface area contributed by atoms with Crippen molar-refractivity contribution in [1.29, 1.82) is 0 Å². The first-order chi connectivity index (χ1) is 7.58. The Bertz CT molecular complexity index is 391. The minimum Gasteiger partial charge on any atom is -0.352 e. The minimum atomic E-state index is 0.00254. The summed E-state index contributed by atoms with van der Waals surface area (Å²) in [6.45, 7) is 4.22. The van der Waals surface area contributed by atoms with Gasteiger partial charge >= 0.3 is 0 Å². The smallest absolute Gasteiger partial charge is 0.217 e. The van der Waals surface area contributed by atoms with E-state index in [1.807, 2.05) is 0 Å². The SMILES string of the molecule is CC(=O)NCc1cc(C)c(CBr)cc1CBr. The van der Waals surface area contributed by atoms with E-state index in [2.05, 4.69) is 56.2 Å². The Hall–Kier alpha value is -0.350. The number of rotatable bonds is 4. The van der Waals surface area contributed by atoms with Crippen molar-refractivity contribution in [2.75, 3.05) is 0 Å². The van der Waals surface area contributed by atoms with Crippen LogP contribution >= 0.6 is 31.9 Å². The molecule has 0 fully saturated rings. The lowest BCUT2D eigenvalue weighted by molar-refractivity contribution is -0.119. The lowest BCUT2D eigenvalue weighted by Gasteiger charge is -2.12. The fourth-order valence-electron chi connectivity index (χ4n) is 1.52. The lowest BCUT2D eigenvalue weighted by atomic mass is 10.0. The molecule has 1 aromatic rings. The van der Waals surface area contributed by atoms with Gasteiger partial charge in [0.25, 0.3) is 0 Å². The fraction of sp³-hybridized carbons (Fsp3) is 0.417. The minimum absolute atomic E-state index is 0.00254.